The van der Waals surface area contributed by atoms with Gasteiger partial charge in [-0.2, -0.15) is 0 Å². The van der Waals surface area contributed by atoms with Crippen molar-refractivity contribution in [1.29, 1.82) is 0 Å². The fourth-order valence-electron chi connectivity index (χ4n) is 3.04. The minimum Gasteiger partial charge on any atom is -0.396 e. The van der Waals surface area contributed by atoms with Gasteiger partial charge in [-0.1, -0.05) is 13.8 Å². The zero-order valence-corrected chi connectivity index (χ0v) is 10.5. The first-order chi connectivity index (χ1) is 7.02. The minimum absolute atomic E-state index is 0.220. The molecule has 0 heterocycles. The molecule has 1 aliphatic carbocycles. The van der Waals surface area contributed by atoms with Crippen molar-refractivity contribution in [3.05, 3.63) is 0 Å². The van der Waals surface area contributed by atoms with Crippen LogP contribution in [0.3, 0.4) is 0 Å². The van der Waals surface area contributed by atoms with Gasteiger partial charge in [0.15, 0.2) is 0 Å². The molecule has 15 heavy (non-hydrogen) atoms. The van der Waals surface area contributed by atoms with E-state index in [9.17, 15) is 0 Å². The Morgan fingerprint density at radius 1 is 1.27 bits per heavy atom. The van der Waals surface area contributed by atoms with Crippen molar-refractivity contribution in [3.63, 3.8) is 0 Å². The first-order valence-electron chi connectivity index (χ1n) is 6.38. The normalized spacial score (nSPS) is 34.4. The van der Waals surface area contributed by atoms with Gasteiger partial charge in [-0.25, -0.2) is 0 Å². The Morgan fingerprint density at radius 3 is 2.13 bits per heavy atom. The topological polar surface area (TPSA) is 46.2 Å². The Balaban J connectivity index is 2.57. The van der Waals surface area contributed by atoms with Crippen molar-refractivity contribution < 1.29 is 5.11 Å². The lowest BCUT2D eigenvalue weighted by molar-refractivity contribution is 0.0710. The molecule has 1 atom stereocenters. The number of aliphatic hydroxyl groups is 1. The van der Waals surface area contributed by atoms with E-state index in [1.54, 1.807) is 0 Å². The Morgan fingerprint density at radius 2 is 1.80 bits per heavy atom. The Labute approximate surface area is 94.2 Å². The van der Waals surface area contributed by atoms with Crippen molar-refractivity contribution in [2.75, 3.05) is 6.61 Å². The highest BCUT2D eigenvalue weighted by Gasteiger charge is 2.38. The molecule has 0 aliphatic heterocycles. The third kappa shape index (κ3) is 2.94. The van der Waals surface area contributed by atoms with E-state index >= 15 is 0 Å². The molecule has 0 bridgehead atoms. The predicted molar refractivity (Wildman–Crippen MR) is 64.6 cm³/mol. The second-order valence-electron chi connectivity index (χ2n) is 5.71. The van der Waals surface area contributed by atoms with Gasteiger partial charge in [0, 0.05) is 12.6 Å². The van der Waals surface area contributed by atoms with Gasteiger partial charge >= 0.3 is 0 Å². The molecule has 1 unspecified atom stereocenters. The predicted octanol–water partition coefficient (Wildman–Crippen LogP) is 2.55. The van der Waals surface area contributed by atoms with E-state index in [4.69, 9.17) is 10.8 Å². The zero-order chi connectivity index (χ0) is 11.5. The maximum atomic E-state index is 9.15. The lowest BCUT2D eigenvalue weighted by Crippen LogP contribution is -2.43. The van der Waals surface area contributed by atoms with Crippen molar-refractivity contribution in [3.8, 4) is 0 Å². The molecule has 0 spiro atoms. The van der Waals surface area contributed by atoms with Crippen LogP contribution >= 0.6 is 0 Å². The SMILES string of the molecule is CC(C)C1CCC(CCO)(C(C)N)CC1. The summed E-state index contributed by atoms with van der Waals surface area (Å²) >= 11 is 0. The molecule has 2 nitrogen and oxygen atoms in total. The lowest BCUT2D eigenvalue weighted by Gasteiger charge is -2.44. The van der Waals surface area contributed by atoms with Crippen LogP contribution in [0.1, 0.15) is 52.9 Å². The molecule has 1 saturated carbocycles. The molecule has 0 saturated heterocycles. The van der Waals surface area contributed by atoms with Crippen LogP contribution in [0, 0.1) is 17.3 Å². The first-order valence-corrected chi connectivity index (χ1v) is 6.38. The number of hydrogen-bond acceptors (Lipinski definition) is 2. The van der Waals surface area contributed by atoms with Gasteiger partial charge in [-0.05, 0) is 56.3 Å². The highest BCUT2D eigenvalue weighted by Crippen LogP contribution is 2.45. The van der Waals surface area contributed by atoms with Crippen molar-refractivity contribution in [2.45, 2.75) is 58.9 Å². The van der Waals surface area contributed by atoms with Crippen LogP contribution < -0.4 is 5.73 Å². The van der Waals surface area contributed by atoms with Crippen LogP contribution in [0.4, 0.5) is 0 Å². The molecule has 0 amide bonds. The Bertz CT molecular complexity index is 181. The molecular weight excluding hydrogens is 186 g/mol. The fourth-order valence-corrected chi connectivity index (χ4v) is 3.04. The van der Waals surface area contributed by atoms with Crippen molar-refractivity contribution in [2.24, 2.45) is 23.0 Å². The number of aliphatic hydroxyl groups excluding tert-OH is 1. The summed E-state index contributed by atoms with van der Waals surface area (Å²) in [5.41, 5.74) is 6.32. The van der Waals surface area contributed by atoms with Crippen LogP contribution in [0.25, 0.3) is 0 Å². The summed E-state index contributed by atoms with van der Waals surface area (Å²) in [6.07, 6.45) is 5.87. The molecule has 0 aromatic rings. The van der Waals surface area contributed by atoms with Gasteiger partial charge in [0.2, 0.25) is 0 Å². The number of hydrogen-bond donors (Lipinski definition) is 2. The van der Waals surface area contributed by atoms with Crippen LogP contribution in [0.2, 0.25) is 0 Å². The largest absolute Gasteiger partial charge is 0.396 e. The zero-order valence-electron chi connectivity index (χ0n) is 10.5. The molecule has 3 N–H and O–H groups in total. The van der Waals surface area contributed by atoms with Gasteiger partial charge in [0.25, 0.3) is 0 Å². The first kappa shape index (κ1) is 13.0. The molecule has 1 rings (SSSR count). The summed E-state index contributed by atoms with van der Waals surface area (Å²) in [4.78, 5) is 0. The fraction of sp³-hybridized carbons (Fsp3) is 1.00. The maximum absolute atomic E-state index is 9.15. The van der Waals surface area contributed by atoms with Gasteiger partial charge in [-0.3, -0.25) is 0 Å². The van der Waals surface area contributed by atoms with E-state index in [1.165, 1.54) is 25.7 Å². The van der Waals surface area contributed by atoms with Crippen LogP contribution in [0.5, 0.6) is 0 Å². The second-order valence-corrected chi connectivity index (χ2v) is 5.71. The van der Waals surface area contributed by atoms with Crippen LogP contribution in [-0.4, -0.2) is 17.8 Å². The van der Waals surface area contributed by atoms with Crippen molar-refractivity contribution >= 4 is 0 Å². The van der Waals surface area contributed by atoms with Gasteiger partial charge in [-0.15, -0.1) is 0 Å². The summed E-state index contributed by atoms with van der Waals surface area (Å²) < 4.78 is 0. The van der Waals surface area contributed by atoms with Crippen LogP contribution in [0.15, 0.2) is 0 Å². The summed E-state index contributed by atoms with van der Waals surface area (Å²) in [6.45, 7) is 7.02. The lowest BCUT2D eigenvalue weighted by atomic mass is 9.63. The summed E-state index contributed by atoms with van der Waals surface area (Å²) in [6, 6.07) is 0.220. The monoisotopic (exact) mass is 213 g/mol. The molecule has 0 aromatic carbocycles. The van der Waals surface area contributed by atoms with E-state index in [1.807, 2.05) is 0 Å². The minimum atomic E-state index is 0.220. The second kappa shape index (κ2) is 5.31. The number of rotatable bonds is 4. The average molecular weight is 213 g/mol. The smallest absolute Gasteiger partial charge is 0.0436 e. The third-order valence-corrected chi connectivity index (χ3v) is 4.54. The summed E-state index contributed by atoms with van der Waals surface area (Å²) in [5.74, 6) is 1.67. The van der Waals surface area contributed by atoms with Gasteiger partial charge < -0.3 is 10.8 Å². The van der Waals surface area contributed by atoms with E-state index in [-0.39, 0.29) is 18.1 Å². The van der Waals surface area contributed by atoms with Gasteiger partial charge in [0.05, 0.1) is 0 Å². The van der Waals surface area contributed by atoms with Crippen LogP contribution in [-0.2, 0) is 0 Å². The number of nitrogens with two attached hydrogens (primary N) is 1. The quantitative estimate of drug-likeness (QED) is 0.754. The maximum Gasteiger partial charge on any atom is 0.0436 e. The molecule has 0 aromatic heterocycles. The molecular formula is C13H27NO. The molecule has 2 heteroatoms. The van der Waals surface area contributed by atoms with Gasteiger partial charge in [0.1, 0.15) is 0 Å². The third-order valence-electron chi connectivity index (χ3n) is 4.54. The highest BCUT2D eigenvalue weighted by molar-refractivity contribution is 4.91. The van der Waals surface area contributed by atoms with E-state index in [2.05, 4.69) is 20.8 Å². The summed E-state index contributed by atoms with van der Waals surface area (Å²) in [5, 5.41) is 9.15. The molecule has 0 radical (unpaired) electrons. The standard InChI is InChI=1S/C13H27NO/c1-10(2)12-4-6-13(7-5-12,8-9-15)11(3)14/h10-12,15H,4-9,14H2,1-3H3. The molecule has 90 valence electrons. The Hall–Kier alpha value is -0.0800. The van der Waals surface area contributed by atoms with Crippen molar-refractivity contribution in [1.82, 2.24) is 0 Å². The highest BCUT2D eigenvalue weighted by atomic mass is 16.3. The van der Waals surface area contributed by atoms with E-state index in [0.29, 0.717) is 0 Å². The summed E-state index contributed by atoms with van der Waals surface area (Å²) in [7, 11) is 0. The van der Waals surface area contributed by atoms with E-state index in [0.717, 1.165) is 18.3 Å². The average Bonchev–Trinajstić information content (AvgIpc) is 2.18. The van der Waals surface area contributed by atoms with E-state index < -0.39 is 0 Å². The molecule has 1 fully saturated rings. The Kier molecular flexibility index (Phi) is 4.60. The molecule has 1 aliphatic rings.